The van der Waals surface area contributed by atoms with Crippen molar-refractivity contribution < 1.29 is 23.5 Å². The normalized spacial score (nSPS) is 9.75. The topological polar surface area (TPSA) is 52.6 Å². The summed E-state index contributed by atoms with van der Waals surface area (Å²) in [5.41, 5.74) is -0.397. The SMILES string of the molecule is COC(=O)C(=O)c1c(F)ccc(OC)c1Br. The van der Waals surface area contributed by atoms with Crippen molar-refractivity contribution in [3.05, 3.63) is 28.0 Å². The van der Waals surface area contributed by atoms with Crippen molar-refractivity contribution in [3.8, 4) is 5.75 Å². The Morgan fingerprint density at radius 3 is 2.44 bits per heavy atom. The molecule has 0 N–H and O–H groups in total. The molecule has 6 heteroatoms. The molecule has 16 heavy (non-hydrogen) atoms. The third kappa shape index (κ3) is 2.21. The summed E-state index contributed by atoms with van der Waals surface area (Å²) in [6, 6.07) is 2.38. The molecule has 0 amide bonds. The summed E-state index contributed by atoms with van der Waals surface area (Å²) >= 11 is 3.00. The Kier molecular flexibility index (Phi) is 4.00. The summed E-state index contributed by atoms with van der Waals surface area (Å²) in [6.45, 7) is 0. The molecule has 0 unspecified atom stereocenters. The van der Waals surface area contributed by atoms with Gasteiger partial charge in [-0.15, -0.1) is 0 Å². The van der Waals surface area contributed by atoms with Crippen molar-refractivity contribution in [2.75, 3.05) is 14.2 Å². The minimum absolute atomic E-state index is 0.0883. The van der Waals surface area contributed by atoms with Crippen LogP contribution in [-0.4, -0.2) is 26.0 Å². The maximum Gasteiger partial charge on any atom is 0.379 e. The van der Waals surface area contributed by atoms with Crippen LogP contribution in [0.5, 0.6) is 5.75 Å². The molecule has 0 atom stereocenters. The molecule has 0 spiro atoms. The summed E-state index contributed by atoms with van der Waals surface area (Å²) in [6.07, 6.45) is 0. The number of esters is 1. The molecule has 86 valence electrons. The minimum Gasteiger partial charge on any atom is -0.496 e. The van der Waals surface area contributed by atoms with Gasteiger partial charge in [0.2, 0.25) is 0 Å². The Balaban J connectivity index is 3.32. The highest BCUT2D eigenvalue weighted by Crippen LogP contribution is 2.30. The maximum atomic E-state index is 13.4. The molecule has 0 saturated heterocycles. The van der Waals surface area contributed by atoms with Gasteiger partial charge < -0.3 is 9.47 Å². The van der Waals surface area contributed by atoms with Crippen LogP contribution in [0.1, 0.15) is 10.4 Å². The fourth-order valence-electron chi connectivity index (χ4n) is 1.09. The highest BCUT2D eigenvalue weighted by molar-refractivity contribution is 9.10. The lowest BCUT2D eigenvalue weighted by Crippen LogP contribution is -2.18. The third-order valence-corrected chi connectivity index (χ3v) is 2.66. The van der Waals surface area contributed by atoms with Gasteiger partial charge in [0.15, 0.2) is 0 Å². The molecule has 0 aliphatic rings. The number of halogens is 2. The predicted octanol–water partition coefficient (Wildman–Crippen LogP) is 1.95. The van der Waals surface area contributed by atoms with Crippen LogP contribution in [0, 0.1) is 5.82 Å². The molecule has 0 bridgehead atoms. The molecular weight excluding hydrogens is 283 g/mol. The first-order valence-corrected chi connectivity index (χ1v) is 4.96. The van der Waals surface area contributed by atoms with Crippen molar-refractivity contribution in [2.45, 2.75) is 0 Å². The first kappa shape index (κ1) is 12.6. The molecule has 1 aromatic rings. The van der Waals surface area contributed by atoms with E-state index in [-0.39, 0.29) is 10.2 Å². The van der Waals surface area contributed by atoms with Gasteiger partial charge in [-0.1, -0.05) is 0 Å². The third-order valence-electron chi connectivity index (χ3n) is 1.87. The number of ether oxygens (including phenoxy) is 2. The summed E-state index contributed by atoms with van der Waals surface area (Å²) in [4.78, 5) is 22.5. The second-order valence-electron chi connectivity index (χ2n) is 2.76. The van der Waals surface area contributed by atoms with Crippen molar-refractivity contribution in [2.24, 2.45) is 0 Å². The summed E-state index contributed by atoms with van der Waals surface area (Å²) in [5.74, 6) is -2.75. The number of carbonyl (C=O) groups is 2. The number of methoxy groups -OCH3 is 2. The van der Waals surface area contributed by atoms with E-state index in [4.69, 9.17) is 4.74 Å². The maximum absolute atomic E-state index is 13.4. The van der Waals surface area contributed by atoms with Gasteiger partial charge in [0, 0.05) is 0 Å². The van der Waals surface area contributed by atoms with Crippen LogP contribution in [0.3, 0.4) is 0 Å². The largest absolute Gasteiger partial charge is 0.496 e. The zero-order chi connectivity index (χ0) is 12.3. The van der Waals surface area contributed by atoms with E-state index in [2.05, 4.69) is 20.7 Å². The first-order chi connectivity index (χ1) is 7.52. The Hall–Kier alpha value is -1.43. The molecule has 0 aliphatic heterocycles. The number of rotatable bonds is 3. The summed E-state index contributed by atoms with van der Waals surface area (Å²) < 4.78 is 22.6. The van der Waals surface area contributed by atoms with E-state index in [0.717, 1.165) is 13.2 Å². The van der Waals surface area contributed by atoms with Gasteiger partial charge in [-0.3, -0.25) is 4.79 Å². The fourth-order valence-corrected chi connectivity index (χ4v) is 1.76. The summed E-state index contributed by atoms with van der Waals surface area (Å²) in [5, 5.41) is 0. The summed E-state index contributed by atoms with van der Waals surface area (Å²) in [7, 11) is 2.41. The van der Waals surface area contributed by atoms with Crippen LogP contribution < -0.4 is 4.74 Å². The molecule has 0 saturated carbocycles. The molecule has 1 rings (SSSR count). The average molecular weight is 291 g/mol. The highest BCUT2D eigenvalue weighted by Gasteiger charge is 2.25. The van der Waals surface area contributed by atoms with Crippen molar-refractivity contribution >= 4 is 27.7 Å². The van der Waals surface area contributed by atoms with Gasteiger partial charge in [-0.2, -0.15) is 0 Å². The number of carbonyl (C=O) groups excluding carboxylic acids is 2. The van der Waals surface area contributed by atoms with E-state index >= 15 is 0 Å². The molecule has 1 aromatic carbocycles. The Bertz CT molecular complexity index is 445. The zero-order valence-corrected chi connectivity index (χ0v) is 10.1. The van der Waals surface area contributed by atoms with E-state index in [9.17, 15) is 14.0 Å². The Morgan fingerprint density at radius 1 is 1.31 bits per heavy atom. The van der Waals surface area contributed by atoms with Gasteiger partial charge >= 0.3 is 5.97 Å². The number of hydrogen-bond acceptors (Lipinski definition) is 4. The van der Waals surface area contributed by atoms with Crippen LogP contribution >= 0.6 is 15.9 Å². The number of hydrogen-bond donors (Lipinski definition) is 0. The highest BCUT2D eigenvalue weighted by atomic mass is 79.9. The molecular formula is C10H8BrFO4. The van der Waals surface area contributed by atoms with E-state index in [1.165, 1.54) is 13.2 Å². The van der Waals surface area contributed by atoms with E-state index in [1.807, 2.05) is 0 Å². The van der Waals surface area contributed by atoms with Crippen LogP contribution in [-0.2, 0) is 9.53 Å². The van der Waals surface area contributed by atoms with Gasteiger partial charge in [0.25, 0.3) is 5.78 Å². The monoisotopic (exact) mass is 290 g/mol. The van der Waals surface area contributed by atoms with Gasteiger partial charge in [-0.05, 0) is 28.1 Å². The van der Waals surface area contributed by atoms with Crippen LogP contribution in [0.25, 0.3) is 0 Å². The van der Waals surface area contributed by atoms with Gasteiger partial charge in [0.05, 0.1) is 24.3 Å². The number of benzene rings is 1. The standard InChI is InChI=1S/C10H8BrFO4/c1-15-6-4-3-5(12)7(8(6)11)9(13)10(14)16-2/h3-4H,1-2H3. The quantitative estimate of drug-likeness (QED) is 0.485. The molecule has 0 aliphatic carbocycles. The van der Waals surface area contributed by atoms with Crippen LogP contribution in [0.2, 0.25) is 0 Å². The molecule has 0 radical (unpaired) electrons. The molecule has 0 fully saturated rings. The van der Waals surface area contributed by atoms with E-state index in [0.29, 0.717) is 0 Å². The smallest absolute Gasteiger partial charge is 0.379 e. The molecule has 0 heterocycles. The lowest BCUT2D eigenvalue weighted by atomic mass is 10.1. The Morgan fingerprint density at radius 2 is 1.94 bits per heavy atom. The van der Waals surface area contributed by atoms with E-state index in [1.54, 1.807) is 0 Å². The van der Waals surface area contributed by atoms with Crippen molar-refractivity contribution in [1.82, 2.24) is 0 Å². The van der Waals surface area contributed by atoms with Crippen LogP contribution in [0.15, 0.2) is 16.6 Å². The van der Waals surface area contributed by atoms with Crippen molar-refractivity contribution in [3.63, 3.8) is 0 Å². The van der Waals surface area contributed by atoms with Gasteiger partial charge in [-0.25, -0.2) is 9.18 Å². The molecule has 0 aromatic heterocycles. The van der Waals surface area contributed by atoms with Crippen molar-refractivity contribution in [1.29, 1.82) is 0 Å². The Labute approximate surface area is 99.5 Å². The number of ketones is 1. The average Bonchev–Trinajstić information content (AvgIpc) is 2.28. The van der Waals surface area contributed by atoms with E-state index < -0.39 is 23.1 Å². The first-order valence-electron chi connectivity index (χ1n) is 4.17. The van der Waals surface area contributed by atoms with Gasteiger partial charge in [0.1, 0.15) is 11.6 Å². The lowest BCUT2D eigenvalue weighted by Gasteiger charge is -2.08. The molecule has 4 nitrogen and oxygen atoms in total. The predicted molar refractivity (Wildman–Crippen MR) is 57.0 cm³/mol. The number of Topliss-reactive ketones (excluding diaryl/α,β-unsaturated/α-hetero) is 1. The second kappa shape index (κ2) is 5.07. The van der Waals surface area contributed by atoms with Crippen LogP contribution in [0.4, 0.5) is 4.39 Å². The fraction of sp³-hybridized carbons (Fsp3) is 0.200. The lowest BCUT2D eigenvalue weighted by molar-refractivity contribution is -0.135. The second-order valence-corrected chi connectivity index (χ2v) is 3.55. The minimum atomic E-state index is -1.13. The zero-order valence-electron chi connectivity index (χ0n) is 8.54.